The SMILES string of the molecule is [C-]#[N+]CC(=O)NCCNC(=O)CC#N. The van der Waals surface area contributed by atoms with Crippen LogP contribution in [0.25, 0.3) is 4.85 Å². The molecule has 74 valence electrons. The minimum absolute atomic E-state index is 0.185. The molecule has 0 saturated heterocycles. The van der Waals surface area contributed by atoms with Gasteiger partial charge >= 0.3 is 0 Å². The van der Waals surface area contributed by atoms with Crippen molar-refractivity contribution >= 4 is 11.8 Å². The van der Waals surface area contributed by atoms with Crippen LogP contribution in [0.2, 0.25) is 0 Å². The third-order valence-electron chi connectivity index (χ3n) is 1.23. The summed E-state index contributed by atoms with van der Waals surface area (Å²) < 4.78 is 0. The van der Waals surface area contributed by atoms with Gasteiger partial charge < -0.3 is 15.5 Å². The van der Waals surface area contributed by atoms with Crippen LogP contribution < -0.4 is 10.6 Å². The highest BCUT2D eigenvalue weighted by molar-refractivity contribution is 5.80. The second-order valence-electron chi connectivity index (χ2n) is 2.35. The second-order valence-corrected chi connectivity index (χ2v) is 2.35. The molecule has 2 N–H and O–H groups in total. The van der Waals surface area contributed by atoms with Crippen molar-refractivity contribution in [3.05, 3.63) is 11.4 Å². The molecular weight excluding hydrogens is 184 g/mol. The molecule has 0 aromatic heterocycles. The van der Waals surface area contributed by atoms with Crippen molar-refractivity contribution in [3.8, 4) is 6.07 Å². The van der Waals surface area contributed by atoms with Gasteiger partial charge in [-0.3, -0.25) is 9.59 Å². The zero-order valence-electron chi connectivity index (χ0n) is 7.54. The summed E-state index contributed by atoms with van der Waals surface area (Å²) in [5, 5.41) is 13.0. The average Bonchev–Trinajstić information content (AvgIpc) is 2.13. The summed E-state index contributed by atoms with van der Waals surface area (Å²) in [6.07, 6.45) is -0.185. The molecule has 0 spiro atoms. The van der Waals surface area contributed by atoms with Crippen molar-refractivity contribution in [2.45, 2.75) is 6.42 Å². The van der Waals surface area contributed by atoms with Crippen LogP contribution in [0.15, 0.2) is 0 Å². The number of hydrogen-bond acceptors (Lipinski definition) is 3. The van der Waals surface area contributed by atoms with E-state index >= 15 is 0 Å². The van der Waals surface area contributed by atoms with Gasteiger partial charge in [-0.2, -0.15) is 5.26 Å². The summed E-state index contributed by atoms with van der Waals surface area (Å²) in [5.41, 5.74) is 0. The van der Waals surface area contributed by atoms with E-state index in [1.54, 1.807) is 6.07 Å². The topological polar surface area (TPSA) is 86.3 Å². The first-order chi connectivity index (χ1) is 6.70. The molecule has 0 radical (unpaired) electrons. The molecule has 0 heterocycles. The highest BCUT2D eigenvalue weighted by Gasteiger charge is 2.02. The van der Waals surface area contributed by atoms with E-state index in [9.17, 15) is 9.59 Å². The van der Waals surface area contributed by atoms with Gasteiger partial charge in [0.05, 0.1) is 6.07 Å². The van der Waals surface area contributed by atoms with Crippen molar-refractivity contribution < 1.29 is 9.59 Å². The van der Waals surface area contributed by atoms with E-state index < -0.39 is 0 Å². The predicted molar refractivity (Wildman–Crippen MR) is 47.7 cm³/mol. The predicted octanol–water partition coefficient (Wildman–Crippen LogP) is -0.948. The normalized spacial score (nSPS) is 8.14. The molecule has 2 amide bonds. The highest BCUT2D eigenvalue weighted by atomic mass is 16.2. The molecule has 0 saturated carbocycles. The lowest BCUT2D eigenvalue weighted by molar-refractivity contribution is -0.121. The third-order valence-corrected chi connectivity index (χ3v) is 1.23. The van der Waals surface area contributed by atoms with Crippen molar-refractivity contribution in [3.63, 3.8) is 0 Å². The summed E-state index contributed by atoms with van der Waals surface area (Å²) in [6.45, 7) is 6.73. The molecule has 0 aliphatic rings. The number of nitrogens with one attached hydrogen (secondary N) is 2. The van der Waals surface area contributed by atoms with E-state index in [1.165, 1.54) is 0 Å². The molecular formula is C8H10N4O2. The fourth-order valence-corrected chi connectivity index (χ4v) is 0.666. The molecule has 0 rings (SSSR count). The molecule has 0 atom stereocenters. The Morgan fingerprint density at radius 2 is 1.86 bits per heavy atom. The number of nitriles is 1. The van der Waals surface area contributed by atoms with Gasteiger partial charge in [0.15, 0.2) is 0 Å². The van der Waals surface area contributed by atoms with E-state index in [0.29, 0.717) is 0 Å². The van der Waals surface area contributed by atoms with Crippen LogP contribution in [0.1, 0.15) is 6.42 Å². The molecule has 0 unspecified atom stereocenters. The summed E-state index contributed by atoms with van der Waals surface area (Å²) in [4.78, 5) is 24.3. The number of amides is 2. The molecule has 0 bridgehead atoms. The van der Waals surface area contributed by atoms with E-state index in [0.717, 1.165) is 0 Å². The fourth-order valence-electron chi connectivity index (χ4n) is 0.666. The number of carbonyl (C=O) groups excluding carboxylic acids is 2. The maximum absolute atomic E-state index is 10.7. The lowest BCUT2D eigenvalue weighted by atomic mass is 10.4. The third kappa shape index (κ3) is 6.62. The Morgan fingerprint density at radius 3 is 2.36 bits per heavy atom. The van der Waals surface area contributed by atoms with Gasteiger partial charge in [-0.1, -0.05) is 0 Å². The molecule has 0 fully saturated rings. The molecule has 6 heteroatoms. The monoisotopic (exact) mass is 194 g/mol. The Balaban J connectivity index is 3.39. The van der Waals surface area contributed by atoms with Crippen molar-refractivity contribution in [2.24, 2.45) is 0 Å². The van der Waals surface area contributed by atoms with Crippen LogP contribution in [0, 0.1) is 17.9 Å². The second kappa shape index (κ2) is 7.56. The highest BCUT2D eigenvalue weighted by Crippen LogP contribution is 1.74. The smallest absolute Gasteiger partial charge is 0.300 e. The van der Waals surface area contributed by atoms with Gasteiger partial charge in [0, 0.05) is 13.1 Å². The van der Waals surface area contributed by atoms with Crippen molar-refractivity contribution in [1.29, 1.82) is 5.26 Å². The molecule has 0 aromatic rings. The van der Waals surface area contributed by atoms with Gasteiger partial charge in [0.25, 0.3) is 12.5 Å². The summed E-state index contributed by atoms with van der Waals surface area (Å²) >= 11 is 0. The molecule has 6 nitrogen and oxygen atoms in total. The number of rotatable bonds is 5. The zero-order valence-corrected chi connectivity index (χ0v) is 7.54. The summed E-state index contributed by atoms with van der Waals surface area (Å²) in [7, 11) is 0. The minimum Gasteiger partial charge on any atom is -0.353 e. The quantitative estimate of drug-likeness (QED) is 0.437. The van der Waals surface area contributed by atoms with Crippen LogP contribution in [0.5, 0.6) is 0 Å². The van der Waals surface area contributed by atoms with Crippen LogP contribution in [-0.4, -0.2) is 31.4 Å². The van der Waals surface area contributed by atoms with E-state index in [1.807, 2.05) is 0 Å². The van der Waals surface area contributed by atoms with Gasteiger partial charge in [-0.25, -0.2) is 6.57 Å². The summed E-state index contributed by atoms with van der Waals surface area (Å²) in [5.74, 6) is -0.735. The van der Waals surface area contributed by atoms with Crippen LogP contribution >= 0.6 is 0 Å². The van der Waals surface area contributed by atoms with Crippen LogP contribution in [0.3, 0.4) is 0 Å². The largest absolute Gasteiger partial charge is 0.353 e. The maximum atomic E-state index is 10.7. The average molecular weight is 194 g/mol. The van der Waals surface area contributed by atoms with E-state index in [2.05, 4.69) is 15.5 Å². The molecule has 0 aliphatic carbocycles. The van der Waals surface area contributed by atoms with Gasteiger partial charge in [0.1, 0.15) is 6.42 Å². The lowest BCUT2D eigenvalue weighted by Crippen LogP contribution is -2.35. The Bertz CT molecular complexity index is 257. The van der Waals surface area contributed by atoms with Gasteiger partial charge in [-0.05, 0) is 0 Å². The van der Waals surface area contributed by atoms with Crippen molar-refractivity contribution in [2.75, 3.05) is 19.6 Å². The summed E-state index contributed by atoms with van der Waals surface area (Å²) in [6, 6.07) is 1.70. The Morgan fingerprint density at radius 1 is 1.29 bits per heavy atom. The molecule has 0 aliphatic heterocycles. The van der Waals surface area contributed by atoms with Crippen molar-refractivity contribution in [1.82, 2.24) is 10.6 Å². The van der Waals surface area contributed by atoms with Gasteiger partial charge in [-0.15, -0.1) is 0 Å². The minimum atomic E-state index is -0.369. The number of carbonyl (C=O) groups is 2. The van der Waals surface area contributed by atoms with Crippen LogP contribution in [0.4, 0.5) is 0 Å². The maximum Gasteiger partial charge on any atom is 0.300 e. The first-order valence-corrected chi connectivity index (χ1v) is 3.94. The van der Waals surface area contributed by atoms with Gasteiger partial charge in [0.2, 0.25) is 5.91 Å². The number of nitrogens with zero attached hydrogens (tertiary/aromatic N) is 2. The van der Waals surface area contributed by atoms with E-state index in [-0.39, 0.29) is 37.9 Å². The standard InChI is InChI=1S/C8H10N4O2/c1-10-6-8(14)12-5-4-11-7(13)2-3-9/h2,4-6H2,(H,11,13)(H,12,14). The first-order valence-electron chi connectivity index (χ1n) is 3.94. The van der Waals surface area contributed by atoms with E-state index in [4.69, 9.17) is 11.8 Å². The molecule has 0 aromatic carbocycles. The lowest BCUT2D eigenvalue weighted by Gasteiger charge is -2.02. The zero-order chi connectivity index (χ0) is 10.8. The molecule has 14 heavy (non-hydrogen) atoms. The fraction of sp³-hybridized carbons (Fsp3) is 0.500. The number of hydrogen-bond donors (Lipinski definition) is 2. The van der Waals surface area contributed by atoms with Crippen LogP contribution in [-0.2, 0) is 9.59 Å². The first kappa shape index (κ1) is 11.9. The Labute approximate surface area is 81.7 Å². The Kier molecular flexibility index (Phi) is 6.44. The Hall–Kier alpha value is -2.08.